The summed E-state index contributed by atoms with van der Waals surface area (Å²) in [6, 6.07) is 15.1. The van der Waals surface area contributed by atoms with E-state index in [9.17, 15) is 4.79 Å². The zero-order valence-electron chi connectivity index (χ0n) is 13.1. The molecule has 0 aliphatic carbocycles. The van der Waals surface area contributed by atoms with Gasteiger partial charge in [0.1, 0.15) is 11.5 Å². The summed E-state index contributed by atoms with van der Waals surface area (Å²) < 4.78 is 12.1. The first-order valence-electron chi connectivity index (χ1n) is 7.26. The molecule has 1 N–H and O–H groups in total. The van der Waals surface area contributed by atoms with E-state index in [1.807, 2.05) is 36.4 Å². The minimum atomic E-state index is -1.24. The zero-order valence-corrected chi connectivity index (χ0v) is 14.7. The molecule has 0 atom stereocenters. The van der Waals surface area contributed by atoms with E-state index in [1.54, 1.807) is 12.1 Å². The van der Waals surface area contributed by atoms with E-state index < -0.39 is 11.6 Å². The molecule has 0 radical (unpaired) electrons. The fourth-order valence-electron chi connectivity index (χ4n) is 1.91. The molecule has 0 unspecified atom stereocenters. The third kappa shape index (κ3) is 5.28. The molecule has 0 amide bonds. The van der Waals surface area contributed by atoms with Crippen LogP contribution < -0.4 is 9.47 Å². The van der Waals surface area contributed by atoms with Gasteiger partial charge in [0.25, 0.3) is 0 Å². The number of rotatable bonds is 7. The first-order chi connectivity index (χ1) is 10.9. The van der Waals surface area contributed by atoms with Crippen LogP contribution in [-0.2, 0) is 11.2 Å². The molecular weight excluding hydrogens is 360 g/mol. The summed E-state index contributed by atoms with van der Waals surface area (Å²) in [6.45, 7) is 3.61. The van der Waals surface area contributed by atoms with Gasteiger partial charge in [0.15, 0.2) is 5.60 Å². The maximum Gasteiger partial charge on any atom is 0.347 e. The van der Waals surface area contributed by atoms with E-state index in [1.165, 1.54) is 13.8 Å². The van der Waals surface area contributed by atoms with Crippen LogP contribution in [0.25, 0.3) is 0 Å². The van der Waals surface area contributed by atoms with Crippen LogP contribution in [0.2, 0.25) is 0 Å². The van der Waals surface area contributed by atoms with E-state index in [2.05, 4.69) is 15.9 Å². The Labute approximate surface area is 144 Å². The molecule has 2 aromatic carbocycles. The van der Waals surface area contributed by atoms with E-state index in [-0.39, 0.29) is 0 Å². The van der Waals surface area contributed by atoms with Gasteiger partial charge in [0.05, 0.1) is 6.61 Å². The Morgan fingerprint density at radius 3 is 2.43 bits per heavy atom. The minimum Gasteiger partial charge on any atom is -0.493 e. The maximum absolute atomic E-state index is 11.0. The number of ether oxygens (including phenoxy) is 2. The van der Waals surface area contributed by atoms with E-state index in [0.29, 0.717) is 12.4 Å². The molecule has 2 aromatic rings. The van der Waals surface area contributed by atoms with Crippen LogP contribution in [0.1, 0.15) is 19.4 Å². The molecule has 2 rings (SSSR count). The van der Waals surface area contributed by atoms with Gasteiger partial charge in [-0.1, -0.05) is 34.1 Å². The van der Waals surface area contributed by atoms with Gasteiger partial charge < -0.3 is 14.6 Å². The standard InChI is InChI=1S/C18H19BrO4/c1-18(2,17(20)21)23-15-8-6-13(7-9-15)10-11-22-16-5-3-4-14(19)12-16/h3-9,12H,10-11H2,1-2H3,(H,20,21). The topological polar surface area (TPSA) is 55.8 Å². The van der Waals surface area contributed by atoms with Crippen LogP contribution in [0.15, 0.2) is 53.0 Å². The molecule has 4 nitrogen and oxygen atoms in total. The largest absolute Gasteiger partial charge is 0.493 e. The number of carboxylic acid groups (broad SMARTS) is 1. The first kappa shape index (κ1) is 17.3. The summed E-state index contributed by atoms with van der Waals surface area (Å²) in [5.41, 5.74) is -0.147. The lowest BCUT2D eigenvalue weighted by atomic mass is 10.1. The van der Waals surface area contributed by atoms with E-state index in [4.69, 9.17) is 14.6 Å². The van der Waals surface area contributed by atoms with Crippen LogP contribution in [0.4, 0.5) is 0 Å². The van der Waals surface area contributed by atoms with Gasteiger partial charge in [0, 0.05) is 10.9 Å². The fraction of sp³-hybridized carbons (Fsp3) is 0.278. The molecule has 0 fully saturated rings. The summed E-state index contributed by atoms with van der Waals surface area (Å²) in [4.78, 5) is 11.0. The van der Waals surface area contributed by atoms with Crippen LogP contribution >= 0.6 is 15.9 Å². The van der Waals surface area contributed by atoms with Crippen molar-refractivity contribution < 1.29 is 19.4 Å². The number of hydrogen-bond acceptors (Lipinski definition) is 3. The molecule has 5 heteroatoms. The van der Waals surface area contributed by atoms with E-state index >= 15 is 0 Å². The van der Waals surface area contributed by atoms with Gasteiger partial charge in [-0.2, -0.15) is 0 Å². The number of hydrogen-bond donors (Lipinski definition) is 1. The number of aliphatic carboxylic acids is 1. The van der Waals surface area contributed by atoms with Crippen molar-refractivity contribution in [2.24, 2.45) is 0 Å². The van der Waals surface area contributed by atoms with Crippen molar-refractivity contribution in [1.82, 2.24) is 0 Å². The highest BCUT2D eigenvalue weighted by molar-refractivity contribution is 9.10. The van der Waals surface area contributed by atoms with Crippen molar-refractivity contribution in [2.45, 2.75) is 25.9 Å². The fourth-order valence-corrected chi connectivity index (χ4v) is 2.28. The van der Waals surface area contributed by atoms with Gasteiger partial charge >= 0.3 is 5.97 Å². The summed E-state index contributed by atoms with van der Waals surface area (Å²) in [7, 11) is 0. The quantitative estimate of drug-likeness (QED) is 0.779. The molecule has 0 aliphatic heterocycles. The molecule has 0 bridgehead atoms. The van der Waals surface area contributed by atoms with Crippen LogP contribution in [0.5, 0.6) is 11.5 Å². The monoisotopic (exact) mass is 378 g/mol. The lowest BCUT2D eigenvalue weighted by Gasteiger charge is -2.21. The molecule has 0 aromatic heterocycles. The van der Waals surface area contributed by atoms with Crippen molar-refractivity contribution in [3.63, 3.8) is 0 Å². The average molecular weight is 379 g/mol. The third-order valence-electron chi connectivity index (χ3n) is 3.27. The van der Waals surface area contributed by atoms with Crippen molar-refractivity contribution in [1.29, 1.82) is 0 Å². The summed E-state index contributed by atoms with van der Waals surface area (Å²) in [5, 5.41) is 9.06. The minimum absolute atomic E-state index is 0.536. The number of halogens is 1. The van der Waals surface area contributed by atoms with Gasteiger partial charge in [-0.05, 0) is 49.7 Å². The van der Waals surface area contributed by atoms with Crippen LogP contribution in [-0.4, -0.2) is 23.3 Å². The maximum atomic E-state index is 11.0. The predicted octanol–water partition coefficient (Wildman–Crippen LogP) is 4.31. The summed E-state index contributed by atoms with van der Waals surface area (Å²) >= 11 is 3.41. The van der Waals surface area contributed by atoms with Gasteiger partial charge in [-0.15, -0.1) is 0 Å². The molecule has 122 valence electrons. The third-order valence-corrected chi connectivity index (χ3v) is 3.76. The number of carbonyl (C=O) groups is 1. The SMILES string of the molecule is CC(C)(Oc1ccc(CCOc2cccc(Br)c2)cc1)C(=O)O. The van der Waals surface area contributed by atoms with Gasteiger partial charge in [-0.25, -0.2) is 4.79 Å². The predicted molar refractivity (Wildman–Crippen MR) is 92.1 cm³/mol. The first-order valence-corrected chi connectivity index (χ1v) is 8.06. The number of carboxylic acids is 1. The highest BCUT2D eigenvalue weighted by Crippen LogP contribution is 2.20. The molecule has 0 saturated carbocycles. The smallest absolute Gasteiger partial charge is 0.347 e. The average Bonchev–Trinajstić information content (AvgIpc) is 2.49. The Hall–Kier alpha value is -2.01. The molecular formula is C18H19BrO4. The Morgan fingerprint density at radius 1 is 1.13 bits per heavy atom. The molecule has 0 saturated heterocycles. The highest BCUT2D eigenvalue weighted by Gasteiger charge is 2.29. The second kappa shape index (κ2) is 7.51. The molecule has 0 aliphatic rings. The Morgan fingerprint density at radius 2 is 1.83 bits per heavy atom. The Bertz CT molecular complexity index is 665. The Balaban J connectivity index is 1.87. The number of benzene rings is 2. The zero-order chi connectivity index (χ0) is 16.9. The van der Waals surface area contributed by atoms with Crippen molar-refractivity contribution in [3.05, 3.63) is 58.6 Å². The van der Waals surface area contributed by atoms with Crippen LogP contribution in [0, 0.1) is 0 Å². The molecule has 0 spiro atoms. The highest BCUT2D eigenvalue weighted by atomic mass is 79.9. The van der Waals surface area contributed by atoms with Crippen molar-refractivity contribution >= 4 is 21.9 Å². The lowest BCUT2D eigenvalue weighted by molar-refractivity contribution is -0.152. The summed E-state index contributed by atoms with van der Waals surface area (Å²) in [5.74, 6) is 0.362. The van der Waals surface area contributed by atoms with Gasteiger partial charge in [-0.3, -0.25) is 0 Å². The van der Waals surface area contributed by atoms with Crippen molar-refractivity contribution in [2.75, 3.05) is 6.61 Å². The molecule has 0 heterocycles. The van der Waals surface area contributed by atoms with Crippen molar-refractivity contribution in [3.8, 4) is 11.5 Å². The summed E-state index contributed by atoms with van der Waals surface area (Å²) in [6.07, 6.45) is 0.759. The Kier molecular flexibility index (Phi) is 5.66. The van der Waals surface area contributed by atoms with Crippen LogP contribution in [0.3, 0.4) is 0 Å². The second-order valence-corrected chi connectivity index (χ2v) is 6.53. The second-order valence-electron chi connectivity index (χ2n) is 5.62. The van der Waals surface area contributed by atoms with Gasteiger partial charge in [0.2, 0.25) is 0 Å². The lowest BCUT2D eigenvalue weighted by Crippen LogP contribution is -2.37. The molecule has 23 heavy (non-hydrogen) atoms. The normalized spacial score (nSPS) is 11.1. The van der Waals surface area contributed by atoms with E-state index in [0.717, 1.165) is 22.2 Å².